The van der Waals surface area contributed by atoms with Crippen LogP contribution in [0.5, 0.6) is 0 Å². The molecule has 0 bridgehead atoms. The normalized spacial score (nSPS) is 12.4. The van der Waals surface area contributed by atoms with Crippen molar-refractivity contribution in [3.05, 3.63) is 169 Å². The molecule has 57 heavy (non-hydrogen) atoms. The first-order valence-corrected chi connectivity index (χ1v) is 19.8. The molecule has 4 aromatic heterocycles. The minimum absolute atomic E-state index is 0.0421. The average molecular weight is 740 g/mol. The topological polar surface area (TPSA) is 49.7 Å². The van der Waals surface area contributed by atoms with Crippen LogP contribution in [-0.4, -0.2) is 19.5 Å². The van der Waals surface area contributed by atoms with Crippen molar-refractivity contribution < 1.29 is 0 Å². The zero-order valence-corrected chi connectivity index (χ0v) is 33.3. The Morgan fingerprint density at radius 2 is 1.30 bits per heavy atom. The van der Waals surface area contributed by atoms with E-state index in [9.17, 15) is 0 Å². The molecular weight excluding hydrogens is 695 g/mol. The summed E-state index contributed by atoms with van der Waals surface area (Å²) in [6.45, 7) is 13.7. The van der Waals surface area contributed by atoms with Gasteiger partial charge in [0.2, 0.25) is 0 Å². The van der Waals surface area contributed by atoms with E-state index in [-0.39, 0.29) is 10.8 Å². The van der Waals surface area contributed by atoms with Crippen molar-refractivity contribution in [3.63, 3.8) is 0 Å². The van der Waals surface area contributed by atoms with Crippen LogP contribution in [0.25, 0.3) is 71.5 Å². The van der Waals surface area contributed by atoms with Crippen molar-refractivity contribution in [2.45, 2.75) is 52.4 Å². The molecule has 0 aliphatic carbocycles. The fourth-order valence-corrected chi connectivity index (χ4v) is 8.40. The number of hydrogen-bond acceptors (Lipinski definition) is 3. The van der Waals surface area contributed by atoms with Gasteiger partial charge >= 0.3 is 0 Å². The number of H-pyrrole nitrogens is 1. The molecule has 5 heteroatoms. The molecule has 10 rings (SSSR count). The molecule has 278 valence electrons. The summed E-state index contributed by atoms with van der Waals surface area (Å²) < 4.78 is 2.34. The van der Waals surface area contributed by atoms with Gasteiger partial charge < -0.3 is 9.55 Å². The monoisotopic (exact) mass is 739 g/mol. The fraction of sp³-hybridized carbons (Fsp3) is 0.154. The Hall–Kier alpha value is -6.72. The number of pyridine rings is 2. The second-order valence-corrected chi connectivity index (χ2v) is 17.3. The Labute approximate surface area is 333 Å². The van der Waals surface area contributed by atoms with Gasteiger partial charge in [-0.25, -0.2) is 9.97 Å². The molecule has 0 aliphatic heterocycles. The third-order valence-corrected chi connectivity index (χ3v) is 11.5. The third-order valence-electron chi connectivity index (χ3n) is 11.5. The second kappa shape index (κ2) is 12.9. The molecule has 0 unspecified atom stereocenters. The van der Waals surface area contributed by atoms with E-state index in [1.165, 1.54) is 27.3 Å². The van der Waals surface area contributed by atoms with Crippen LogP contribution in [0.3, 0.4) is 0 Å². The highest BCUT2D eigenvalue weighted by molar-refractivity contribution is 6.14. The number of nitrogens with zero attached hydrogens (tertiary/aromatic N) is 4. The zero-order chi connectivity index (χ0) is 39.1. The van der Waals surface area contributed by atoms with Crippen LogP contribution in [0.1, 0.15) is 52.7 Å². The van der Waals surface area contributed by atoms with E-state index in [0.29, 0.717) is 0 Å². The lowest BCUT2D eigenvalue weighted by atomic mass is 9.84. The molecule has 0 amide bonds. The number of para-hydroxylation sites is 1. The van der Waals surface area contributed by atoms with Crippen LogP contribution in [0.15, 0.2) is 158 Å². The van der Waals surface area contributed by atoms with Gasteiger partial charge in [-0.2, -0.15) is 0 Å². The Balaban J connectivity index is 1.25. The molecule has 0 saturated heterocycles. The predicted molar refractivity (Wildman–Crippen MR) is 241 cm³/mol. The SMILES string of the molecule is CC(C)(C)c1ccc2[nH]c3c(-c4ccc5c(n4)c4cc(N(c6ccccn6)c6cccc7ccccc67)ccc4n5-c4ccccc4)cc(C(C)(C)C)cc3c2c1. The molecule has 0 radical (unpaired) electrons. The number of anilines is 3. The molecule has 0 atom stereocenters. The van der Waals surface area contributed by atoms with Gasteiger partial charge in [0, 0.05) is 50.2 Å². The number of rotatable bonds is 5. The zero-order valence-electron chi connectivity index (χ0n) is 33.3. The van der Waals surface area contributed by atoms with Crippen molar-refractivity contribution in [3.8, 4) is 16.9 Å². The van der Waals surface area contributed by atoms with Crippen molar-refractivity contribution in [2.75, 3.05) is 4.90 Å². The summed E-state index contributed by atoms with van der Waals surface area (Å²) in [5.41, 5.74) is 13.2. The molecule has 1 N–H and O–H groups in total. The summed E-state index contributed by atoms with van der Waals surface area (Å²) in [4.78, 5) is 16.6. The quantitative estimate of drug-likeness (QED) is 0.191. The number of aromatic nitrogens is 4. The Bertz CT molecular complexity index is 3130. The molecular formula is C52H45N5. The van der Waals surface area contributed by atoms with Gasteiger partial charge in [0.25, 0.3) is 0 Å². The maximum Gasteiger partial charge on any atom is 0.137 e. The molecule has 10 aromatic rings. The molecule has 0 saturated carbocycles. The number of aromatic amines is 1. The van der Waals surface area contributed by atoms with E-state index in [1.807, 2.05) is 12.3 Å². The van der Waals surface area contributed by atoms with Gasteiger partial charge in [-0.1, -0.05) is 108 Å². The lowest BCUT2D eigenvalue weighted by molar-refractivity contribution is 0.590. The van der Waals surface area contributed by atoms with E-state index in [4.69, 9.17) is 9.97 Å². The van der Waals surface area contributed by atoms with E-state index in [0.717, 1.165) is 72.5 Å². The summed E-state index contributed by atoms with van der Waals surface area (Å²) in [7, 11) is 0. The summed E-state index contributed by atoms with van der Waals surface area (Å²) in [5, 5.41) is 5.90. The van der Waals surface area contributed by atoms with Gasteiger partial charge in [-0.15, -0.1) is 0 Å². The van der Waals surface area contributed by atoms with Crippen molar-refractivity contribution >= 4 is 71.7 Å². The van der Waals surface area contributed by atoms with E-state index in [2.05, 4.69) is 202 Å². The van der Waals surface area contributed by atoms with E-state index >= 15 is 0 Å². The first kappa shape index (κ1) is 34.7. The molecule has 0 aliphatic rings. The minimum atomic E-state index is -0.0624. The van der Waals surface area contributed by atoms with Gasteiger partial charge in [0.15, 0.2) is 0 Å². The Morgan fingerprint density at radius 1 is 0.561 bits per heavy atom. The van der Waals surface area contributed by atoms with Gasteiger partial charge in [0.05, 0.1) is 33.4 Å². The standard InChI is InChI=1S/C52H45N5/c1-51(2,3)34-22-24-43-39(29-34)40-30-35(52(4,5)6)31-41(49(40)54-43)44-25-27-47-50(55-44)42-32-37(23-26-46(42)56(47)36-17-8-7-9-18-36)57(48-21-12-13-28-53-48)45-20-14-16-33-15-10-11-19-38(33)45/h7-32,54H,1-6H3. The average Bonchev–Trinajstić information content (AvgIpc) is 3.75. The largest absolute Gasteiger partial charge is 0.354 e. The highest BCUT2D eigenvalue weighted by Crippen LogP contribution is 2.43. The Kier molecular flexibility index (Phi) is 7.88. The summed E-state index contributed by atoms with van der Waals surface area (Å²) >= 11 is 0. The first-order chi connectivity index (χ1) is 27.5. The molecule has 6 aromatic carbocycles. The number of fused-ring (bicyclic) bond motifs is 7. The highest BCUT2D eigenvalue weighted by atomic mass is 15.2. The van der Waals surface area contributed by atoms with Crippen molar-refractivity contribution in [1.29, 1.82) is 0 Å². The van der Waals surface area contributed by atoms with Gasteiger partial charge in [-0.05, 0) is 112 Å². The summed E-state index contributed by atoms with van der Waals surface area (Å²) in [6.07, 6.45) is 1.86. The molecule has 0 fully saturated rings. The van der Waals surface area contributed by atoms with Crippen molar-refractivity contribution in [2.24, 2.45) is 0 Å². The fourth-order valence-electron chi connectivity index (χ4n) is 8.40. The maximum absolute atomic E-state index is 5.64. The van der Waals surface area contributed by atoms with Crippen LogP contribution in [0, 0.1) is 0 Å². The van der Waals surface area contributed by atoms with Crippen molar-refractivity contribution in [1.82, 2.24) is 19.5 Å². The van der Waals surface area contributed by atoms with E-state index < -0.39 is 0 Å². The first-order valence-electron chi connectivity index (χ1n) is 19.8. The van der Waals surface area contributed by atoms with Gasteiger partial charge in [0.1, 0.15) is 5.82 Å². The number of nitrogens with one attached hydrogen (secondary N) is 1. The molecule has 4 heterocycles. The minimum Gasteiger partial charge on any atom is -0.354 e. The Morgan fingerprint density at radius 3 is 2.09 bits per heavy atom. The number of benzene rings is 6. The maximum atomic E-state index is 5.64. The lowest BCUT2D eigenvalue weighted by Crippen LogP contribution is -2.11. The van der Waals surface area contributed by atoms with Gasteiger partial charge in [-0.3, -0.25) is 4.90 Å². The highest BCUT2D eigenvalue weighted by Gasteiger charge is 2.24. The third kappa shape index (κ3) is 5.85. The summed E-state index contributed by atoms with van der Waals surface area (Å²) in [6, 6.07) is 54.5. The predicted octanol–water partition coefficient (Wildman–Crippen LogP) is 14.1. The van der Waals surface area contributed by atoms with Crippen LogP contribution < -0.4 is 4.90 Å². The lowest BCUT2D eigenvalue weighted by Gasteiger charge is -2.25. The number of hydrogen-bond donors (Lipinski definition) is 1. The van der Waals surface area contributed by atoms with Crippen LogP contribution >= 0.6 is 0 Å². The van der Waals surface area contributed by atoms with Crippen LogP contribution in [0.4, 0.5) is 17.2 Å². The molecule has 5 nitrogen and oxygen atoms in total. The smallest absolute Gasteiger partial charge is 0.137 e. The van der Waals surface area contributed by atoms with E-state index in [1.54, 1.807) is 0 Å². The summed E-state index contributed by atoms with van der Waals surface area (Å²) in [5.74, 6) is 0.850. The van der Waals surface area contributed by atoms with Crippen LogP contribution in [0.2, 0.25) is 0 Å². The van der Waals surface area contributed by atoms with Crippen LogP contribution in [-0.2, 0) is 10.8 Å². The molecule has 0 spiro atoms. The second-order valence-electron chi connectivity index (χ2n) is 17.3.